The summed E-state index contributed by atoms with van der Waals surface area (Å²) >= 11 is 0. The van der Waals surface area contributed by atoms with Gasteiger partial charge in [0.2, 0.25) is 0 Å². The molecular weight excluding hydrogens is 853 g/mol. The molecule has 15 heteroatoms. The van der Waals surface area contributed by atoms with Crippen molar-refractivity contribution in [2.45, 2.75) is 248 Å². The summed E-state index contributed by atoms with van der Waals surface area (Å²) in [6.07, 6.45) is 23.1. The molecule has 2 saturated heterocycles. The van der Waals surface area contributed by atoms with Crippen LogP contribution < -0.4 is 0 Å². The Hall–Kier alpha value is -2.28. The first-order valence-electron chi connectivity index (χ1n) is 25.6. The lowest BCUT2D eigenvalue weighted by Gasteiger charge is -2.42. The van der Waals surface area contributed by atoms with E-state index >= 15 is 0 Å². The lowest BCUT2D eigenvalue weighted by atomic mass is 9.98. The van der Waals surface area contributed by atoms with Gasteiger partial charge in [-0.15, -0.1) is 0 Å². The van der Waals surface area contributed by atoms with Crippen molar-refractivity contribution in [1.82, 2.24) is 0 Å². The van der Waals surface area contributed by atoms with Gasteiger partial charge in [-0.3, -0.25) is 9.59 Å². The number of ether oxygens (including phenoxy) is 6. The van der Waals surface area contributed by atoms with E-state index in [0.717, 1.165) is 83.5 Å². The van der Waals surface area contributed by atoms with Gasteiger partial charge < -0.3 is 64.2 Å². The zero-order chi connectivity index (χ0) is 48.2. The van der Waals surface area contributed by atoms with Gasteiger partial charge in [0.25, 0.3) is 0 Å². The molecule has 11 atom stereocenters. The molecule has 384 valence electrons. The quantitative estimate of drug-likeness (QED) is 0.0188. The molecule has 2 fully saturated rings. The summed E-state index contributed by atoms with van der Waals surface area (Å²) in [5.74, 6) is -0.950. The van der Waals surface area contributed by atoms with Crippen LogP contribution in [0.1, 0.15) is 181 Å². The monoisotopic (exact) mass is 943 g/mol. The molecular formula is C51H90O15. The first-order valence-corrected chi connectivity index (χ1v) is 25.6. The van der Waals surface area contributed by atoms with Crippen molar-refractivity contribution in [3.63, 3.8) is 0 Å². The highest BCUT2D eigenvalue weighted by Gasteiger charge is 2.47. The molecule has 0 bridgehead atoms. The molecule has 0 aromatic heterocycles. The molecule has 0 aromatic carbocycles. The Kier molecular flexibility index (Phi) is 35.0. The first kappa shape index (κ1) is 59.8. The van der Waals surface area contributed by atoms with Crippen LogP contribution in [0.4, 0.5) is 0 Å². The third-order valence-electron chi connectivity index (χ3n) is 12.1. The van der Waals surface area contributed by atoms with E-state index in [2.05, 4.69) is 50.3 Å². The van der Waals surface area contributed by atoms with Crippen LogP contribution in [0.15, 0.2) is 36.5 Å². The number of carbonyl (C=O) groups is 2. The predicted octanol–water partition coefficient (Wildman–Crippen LogP) is 6.93. The lowest BCUT2D eigenvalue weighted by molar-refractivity contribution is -0.332. The number of rotatable bonds is 39. The van der Waals surface area contributed by atoms with E-state index in [-0.39, 0.29) is 26.1 Å². The average Bonchev–Trinajstić information content (AvgIpc) is 3.31. The van der Waals surface area contributed by atoms with Crippen LogP contribution in [0.25, 0.3) is 0 Å². The van der Waals surface area contributed by atoms with E-state index < -0.39 is 92.7 Å². The molecule has 4 unspecified atom stereocenters. The number of hydrogen-bond acceptors (Lipinski definition) is 15. The van der Waals surface area contributed by atoms with Gasteiger partial charge in [-0.2, -0.15) is 0 Å². The Morgan fingerprint density at radius 1 is 0.485 bits per heavy atom. The molecule has 2 heterocycles. The largest absolute Gasteiger partial charge is 0.462 e. The zero-order valence-corrected chi connectivity index (χ0v) is 40.4. The van der Waals surface area contributed by atoms with Crippen LogP contribution in [0.3, 0.4) is 0 Å². The maximum atomic E-state index is 13.0. The summed E-state index contributed by atoms with van der Waals surface area (Å²) in [5.41, 5.74) is 0. The van der Waals surface area contributed by atoms with E-state index in [1.807, 2.05) is 0 Å². The van der Waals surface area contributed by atoms with Crippen LogP contribution >= 0.6 is 0 Å². The number of hydrogen-bond donors (Lipinski definition) is 7. The van der Waals surface area contributed by atoms with Crippen LogP contribution in [0.5, 0.6) is 0 Å². The minimum Gasteiger partial charge on any atom is -0.462 e. The Bertz CT molecular complexity index is 1290. The Labute approximate surface area is 395 Å². The van der Waals surface area contributed by atoms with Gasteiger partial charge in [0, 0.05) is 12.8 Å². The Morgan fingerprint density at radius 2 is 0.909 bits per heavy atom. The van der Waals surface area contributed by atoms with Gasteiger partial charge in [-0.05, 0) is 70.6 Å². The van der Waals surface area contributed by atoms with E-state index in [1.54, 1.807) is 0 Å². The van der Waals surface area contributed by atoms with Gasteiger partial charge in [0.05, 0.1) is 19.8 Å². The van der Waals surface area contributed by atoms with E-state index in [1.165, 1.54) is 57.8 Å². The minimum atomic E-state index is -1.77. The van der Waals surface area contributed by atoms with Gasteiger partial charge in [0.1, 0.15) is 55.4 Å². The molecule has 15 nitrogen and oxygen atoms in total. The summed E-state index contributed by atoms with van der Waals surface area (Å²) in [5, 5.41) is 72.0. The third kappa shape index (κ3) is 26.5. The fourth-order valence-corrected chi connectivity index (χ4v) is 7.83. The first-order chi connectivity index (χ1) is 32.0. The number of aliphatic hydroxyl groups excluding tert-OH is 7. The molecule has 2 aliphatic rings. The fraction of sp³-hybridized carbons (Fsp3) is 0.843. The standard InChI is InChI=1S/C51H90O15/c1-3-5-7-9-11-13-15-17-19-21-23-25-27-29-31-33-42(53)61-36-39(64-43(54)34-32-30-28-26-24-22-20-18-16-14-12-10-8-6-4-2)37-62-50-49(60)47(58)45(56)41(66-50)38-63-51-48(59)46(57)44(55)40(35-52)65-51/h11,13,17-20,39-41,44-52,55-60H,3-10,12,14-16,21-38H2,1-2H3/b13-11+,19-17+,20-18+/t39-,40-,41-,44+,45+,46?,47?,48?,49?,50-,51-/m1/s1. The van der Waals surface area contributed by atoms with Crippen molar-refractivity contribution < 1.29 is 73.8 Å². The highest BCUT2D eigenvalue weighted by atomic mass is 16.7. The zero-order valence-electron chi connectivity index (χ0n) is 40.4. The molecule has 0 amide bonds. The SMILES string of the molecule is CCCCC/C=C/C/C=C/CCCCCCCC(=O)OC[C@H](CO[C@@H]1O[C@H](CO[C@@H]2O[C@H](CO)[C@H](O)C(O)C2O)[C@H](O)C(O)C1O)OC(=O)CCCCCCC/C=C/CCCCCCCC. The van der Waals surface area contributed by atoms with Gasteiger partial charge >= 0.3 is 11.9 Å². The molecule has 0 saturated carbocycles. The van der Waals surface area contributed by atoms with Gasteiger partial charge in [0.15, 0.2) is 18.7 Å². The highest BCUT2D eigenvalue weighted by Crippen LogP contribution is 2.26. The molecule has 0 radical (unpaired) electrons. The summed E-state index contributed by atoms with van der Waals surface area (Å²) in [6, 6.07) is 0. The van der Waals surface area contributed by atoms with Crippen LogP contribution in [0.2, 0.25) is 0 Å². The van der Waals surface area contributed by atoms with Crippen molar-refractivity contribution in [3.8, 4) is 0 Å². The van der Waals surface area contributed by atoms with Crippen molar-refractivity contribution in [2.24, 2.45) is 0 Å². The maximum Gasteiger partial charge on any atom is 0.306 e. The maximum absolute atomic E-state index is 13.0. The molecule has 2 rings (SSSR count). The predicted molar refractivity (Wildman–Crippen MR) is 252 cm³/mol. The number of carbonyl (C=O) groups excluding carboxylic acids is 2. The molecule has 66 heavy (non-hydrogen) atoms. The second-order valence-electron chi connectivity index (χ2n) is 18.0. The summed E-state index contributed by atoms with van der Waals surface area (Å²) in [7, 11) is 0. The fourth-order valence-electron chi connectivity index (χ4n) is 7.83. The van der Waals surface area contributed by atoms with E-state index in [4.69, 9.17) is 28.4 Å². The smallest absolute Gasteiger partial charge is 0.306 e. The van der Waals surface area contributed by atoms with E-state index in [0.29, 0.717) is 12.8 Å². The number of allylic oxidation sites excluding steroid dienone is 6. The van der Waals surface area contributed by atoms with Gasteiger partial charge in [-0.1, -0.05) is 134 Å². The third-order valence-corrected chi connectivity index (χ3v) is 12.1. The minimum absolute atomic E-state index is 0.152. The summed E-state index contributed by atoms with van der Waals surface area (Å²) in [4.78, 5) is 25.7. The summed E-state index contributed by atoms with van der Waals surface area (Å²) in [6.45, 7) is 2.53. The number of unbranched alkanes of at least 4 members (excludes halogenated alkanes) is 19. The van der Waals surface area contributed by atoms with Crippen LogP contribution in [-0.4, -0.2) is 142 Å². The molecule has 7 N–H and O–H groups in total. The number of esters is 2. The van der Waals surface area contributed by atoms with Crippen LogP contribution in [-0.2, 0) is 38.0 Å². The second kappa shape index (κ2) is 38.6. The topological polar surface area (TPSA) is 231 Å². The number of aliphatic hydroxyl groups is 7. The Morgan fingerprint density at radius 3 is 1.45 bits per heavy atom. The van der Waals surface area contributed by atoms with Crippen molar-refractivity contribution in [1.29, 1.82) is 0 Å². The molecule has 0 aromatic rings. The average molecular weight is 943 g/mol. The van der Waals surface area contributed by atoms with E-state index in [9.17, 15) is 45.3 Å². The summed E-state index contributed by atoms with van der Waals surface area (Å²) < 4.78 is 33.5. The molecule has 2 aliphatic heterocycles. The normalized spacial score (nSPS) is 26.4. The van der Waals surface area contributed by atoms with Gasteiger partial charge in [-0.25, -0.2) is 0 Å². The highest BCUT2D eigenvalue weighted by molar-refractivity contribution is 5.70. The Balaban J connectivity index is 1.83. The van der Waals surface area contributed by atoms with Crippen molar-refractivity contribution >= 4 is 11.9 Å². The molecule has 0 aliphatic carbocycles. The molecule has 0 spiro atoms. The second-order valence-corrected chi connectivity index (χ2v) is 18.0. The van der Waals surface area contributed by atoms with Crippen molar-refractivity contribution in [2.75, 3.05) is 26.4 Å². The van der Waals surface area contributed by atoms with Crippen LogP contribution in [0, 0.1) is 0 Å². The van der Waals surface area contributed by atoms with Crippen molar-refractivity contribution in [3.05, 3.63) is 36.5 Å². The lowest BCUT2D eigenvalue weighted by Crippen LogP contribution is -2.61.